The van der Waals surface area contributed by atoms with Crippen LogP contribution in [0.5, 0.6) is 0 Å². The maximum atomic E-state index is 12.0. The summed E-state index contributed by atoms with van der Waals surface area (Å²) < 4.78 is 0.990. The number of benzene rings is 1. The molecule has 92 valence electrons. The van der Waals surface area contributed by atoms with E-state index in [-0.39, 0.29) is 24.0 Å². The minimum absolute atomic E-state index is 0.00125. The minimum Gasteiger partial charge on any atom is -0.396 e. The van der Waals surface area contributed by atoms with E-state index in [9.17, 15) is 9.90 Å². The van der Waals surface area contributed by atoms with Gasteiger partial charge < -0.3 is 10.0 Å². The van der Waals surface area contributed by atoms with Gasteiger partial charge in [0.1, 0.15) is 0 Å². The highest BCUT2D eigenvalue weighted by Crippen LogP contribution is 2.39. The first kappa shape index (κ1) is 12.6. The molecule has 0 aliphatic carbocycles. The minimum atomic E-state index is -0.334. The van der Waals surface area contributed by atoms with Crippen LogP contribution in [0.1, 0.15) is 20.3 Å². The lowest BCUT2D eigenvalue weighted by atomic mass is 9.89. The summed E-state index contributed by atoms with van der Waals surface area (Å²) in [7, 11) is 0. The monoisotopic (exact) mass is 297 g/mol. The van der Waals surface area contributed by atoms with Gasteiger partial charge in [-0.2, -0.15) is 0 Å². The molecular formula is C13H16BrNO2. The molecule has 1 saturated heterocycles. The van der Waals surface area contributed by atoms with Gasteiger partial charge in [0, 0.05) is 34.6 Å². The van der Waals surface area contributed by atoms with Crippen LogP contribution < -0.4 is 4.90 Å². The van der Waals surface area contributed by atoms with Crippen LogP contribution in [-0.2, 0) is 4.79 Å². The standard InChI is InChI=1S/C13H16BrNO2/c1-13(2)9(8-16)7-12(17)15(13)11-5-3-10(14)4-6-11/h3-6,9,16H,7-8H2,1-2H3. The Morgan fingerprint density at radius 1 is 1.41 bits per heavy atom. The van der Waals surface area contributed by atoms with Crippen LogP contribution in [0.3, 0.4) is 0 Å². The number of carbonyl (C=O) groups is 1. The molecule has 0 spiro atoms. The highest BCUT2D eigenvalue weighted by atomic mass is 79.9. The SMILES string of the molecule is CC1(C)C(CO)CC(=O)N1c1ccc(Br)cc1. The fourth-order valence-electron chi connectivity index (χ4n) is 2.41. The van der Waals surface area contributed by atoms with Crippen LogP contribution >= 0.6 is 15.9 Å². The van der Waals surface area contributed by atoms with E-state index >= 15 is 0 Å². The zero-order valence-corrected chi connectivity index (χ0v) is 11.6. The number of aliphatic hydroxyl groups excluding tert-OH is 1. The molecule has 1 aromatic carbocycles. The lowest BCUT2D eigenvalue weighted by molar-refractivity contribution is -0.117. The summed E-state index contributed by atoms with van der Waals surface area (Å²) in [6.07, 6.45) is 0.416. The highest BCUT2D eigenvalue weighted by molar-refractivity contribution is 9.10. The molecule has 1 unspecified atom stereocenters. The lowest BCUT2D eigenvalue weighted by Gasteiger charge is -2.35. The quantitative estimate of drug-likeness (QED) is 0.911. The van der Waals surface area contributed by atoms with Crippen LogP contribution in [0, 0.1) is 5.92 Å². The molecule has 0 radical (unpaired) electrons. The number of rotatable bonds is 2. The highest BCUT2D eigenvalue weighted by Gasteiger charge is 2.46. The van der Waals surface area contributed by atoms with Crippen LogP contribution in [0.4, 0.5) is 5.69 Å². The summed E-state index contributed by atoms with van der Waals surface area (Å²) in [5, 5.41) is 9.34. The van der Waals surface area contributed by atoms with Crippen molar-refractivity contribution in [1.82, 2.24) is 0 Å². The van der Waals surface area contributed by atoms with Gasteiger partial charge >= 0.3 is 0 Å². The summed E-state index contributed by atoms with van der Waals surface area (Å²) in [5.41, 5.74) is 0.554. The van der Waals surface area contributed by atoms with Crippen molar-refractivity contribution in [2.75, 3.05) is 11.5 Å². The van der Waals surface area contributed by atoms with Crippen molar-refractivity contribution in [1.29, 1.82) is 0 Å². The van der Waals surface area contributed by atoms with Crippen LogP contribution in [0.25, 0.3) is 0 Å². The molecule has 4 heteroatoms. The van der Waals surface area contributed by atoms with E-state index in [4.69, 9.17) is 0 Å². The lowest BCUT2D eigenvalue weighted by Crippen LogP contribution is -2.45. The predicted octanol–water partition coefficient (Wildman–Crippen LogP) is 2.57. The average Bonchev–Trinajstić information content (AvgIpc) is 2.50. The number of hydrogen-bond donors (Lipinski definition) is 1. The fourth-order valence-corrected chi connectivity index (χ4v) is 2.67. The second-order valence-corrected chi connectivity index (χ2v) is 5.86. The molecule has 3 nitrogen and oxygen atoms in total. The summed E-state index contributed by atoms with van der Waals surface area (Å²) in [6, 6.07) is 7.68. The number of amides is 1. The number of carbonyl (C=O) groups excluding carboxylic acids is 1. The van der Waals surface area contributed by atoms with Gasteiger partial charge in [-0.05, 0) is 38.1 Å². The molecule has 0 aromatic heterocycles. The van der Waals surface area contributed by atoms with Gasteiger partial charge in [-0.25, -0.2) is 0 Å². The molecule has 17 heavy (non-hydrogen) atoms. The van der Waals surface area contributed by atoms with E-state index in [1.807, 2.05) is 38.1 Å². The molecule has 1 aromatic rings. The van der Waals surface area contributed by atoms with E-state index in [1.165, 1.54) is 0 Å². The molecule has 1 amide bonds. The van der Waals surface area contributed by atoms with Gasteiger partial charge in [-0.3, -0.25) is 4.79 Å². The van der Waals surface area contributed by atoms with Gasteiger partial charge in [0.2, 0.25) is 5.91 Å². The smallest absolute Gasteiger partial charge is 0.227 e. The van der Waals surface area contributed by atoms with E-state index in [1.54, 1.807) is 4.90 Å². The van der Waals surface area contributed by atoms with Gasteiger partial charge in [0.05, 0.1) is 0 Å². The third kappa shape index (κ3) is 2.11. The van der Waals surface area contributed by atoms with Crippen molar-refractivity contribution in [2.45, 2.75) is 25.8 Å². The molecule has 1 N–H and O–H groups in total. The molecule has 1 aliphatic rings. The maximum absolute atomic E-state index is 12.0. The molecule has 1 heterocycles. The third-order valence-corrected chi connectivity index (χ3v) is 4.08. The molecular weight excluding hydrogens is 282 g/mol. The third-order valence-electron chi connectivity index (χ3n) is 3.55. The number of halogens is 1. The van der Waals surface area contributed by atoms with Gasteiger partial charge in [-0.1, -0.05) is 15.9 Å². The average molecular weight is 298 g/mol. The largest absolute Gasteiger partial charge is 0.396 e. The second kappa shape index (κ2) is 4.42. The second-order valence-electron chi connectivity index (χ2n) is 4.94. The van der Waals surface area contributed by atoms with Crippen molar-refractivity contribution >= 4 is 27.5 Å². The normalized spacial score (nSPS) is 23.2. The van der Waals surface area contributed by atoms with E-state index in [0.717, 1.165) is 10.2 Å². The zero-order chi connectivity index (χ0) is 12.6. The van der Waals surface area contributed by atoms with Crippen molar-refractivity contribution in [3.63, 3.8) is 0 Å². The maximum Gasteiger partial charge on any atom is 0.227 e. The number of nitrogens with zero attached hydrogens (tertiary/aromatic N) is 1. The summed E-state index contributed by atoms with van der Waals surface area (Å²) >= 11 is 3.38. The topological polar surface area (TPSA) is 40.5 Å². The first-order valence-electron chi connectivity index (χ1n) is 5.66. The Labute approximate surface area is 110 Å². The van der Waals surface area contributed by atoms with Crippen molar-refractivity contribution in [2.24, 2.45) is 5.92 Å². The Balaban J connectivity index is 2.37. The van der Waals surface area contributed by atoms with Gasteiger partial charge in [-0.15, -0.1) is 0 Å². The van der Waals surface area contributed by atoms with E-state index < -0.39 is 0 Å². The summed E-state index contributed by atoms with van der Waals surface area (Å²) in [5.74, 6) is 0.0787. The van der Waals surface area contributed by atoms with Crippen LogP contribution in [-0.4, -0.2) is 23.2 Å². The van der Waals surface area contributed by atoms with E-state index in [2.05, 4.69) is 15.9 Å². The van der Waals surface area contributed by atoms with Crippen LogP contribution in [0.15, 0.2) is 28.7 Å². The Morgan fingerprint density at radius 2 is 2.00 bits per heavy atom. The molecule has 1 fully saturated rings. The predicted molar refractivity (Wildman–Crippen MR) is 70.9 cm³/mol. The van der Waals surface area contributed by atoms with Crippen LogP contribution in [0.2, 0.25) is 0 Å². The first-order chi connectivity index (χ1) is 7.96. The number of anilines is 1. The Kier molecular flexibility index (Phi) is 3.27. The van der Waals surface area contributed by atoms with Gasteiger partial charge in [0.15, 0.2) is 0 Å². The Morgan fingerprint density at radius 3 is 2.47 bits per heavy atom. The molecule has 0 saturated carbocycles. The zero-order valence-electron chi connectivity index (χ0n) is 9.98. The van der Waals surface area contributed by atoms with Crippen molar-refractivity contribution in [3.8, 4) is 0 Å². The molecule has 2 rings (SSSR count). The van der Waals surface area contributed by atoms with E-state index in [0.29, 0.717) is 6.42 Å². The molecule has 0 bridgehead atoms. The molecule has 1 aliphatic heterocycles. The Bertz CT molecular complexity index is 428. The Hall–Kier alpha value is -0.870. The summed E-state index contributed by atoms with van der Waals surface area (Å²) in [6.45, 7) is 4.05. The number of hydrogen-bond acceptors (Lipinski definition) is 2. The fraction of sp³-hybridized carbons (Fsp3) is 0.462. The van der Waals surface area contributed by atoms with Crippen molar-refractivity contribution in [3.05, 3.63) is 28.7 Å². The van der Waals surface area contributed by atoms with Crippen molar-refractivity contribution < 1.29 is 9.90 Å². The number of aliphatic hydroxyl groups is 1. The van der Waals surface area contributed by atoms with Gasteiger partial charge in [0.25, 0.3) is 0 Å². The molecule has 1 atom stereocenters. The summed E-state index contributed by atoms with van der Waals surface area (Å²) in [4.78, 5) is 13.8. The first-order valence-corrected chi connectivity index (χ1v) is 6.45.